The summed E-state index contributed by atoms with van der Waals surface area (Å²) < 4.78 is 8.62. The van der Waals surface area contributed by atoms with Crippen LogP contribution in [0.15, 0.2) is 79.3 Å². The molecule has 0 spiro atoms. The van der Waals surface area contributed by atoms with E-state index in [2.05, 4.69) is 15.7 Å². The molecular formula is C26H21N5O4. The predicted octanol–water partition coefficient (Wildman–Crippen LogP) is 3.41. The zero-order valence-corrected chi connectivity index (χ0v) is 18.7. The normalized spacial score (nSPS) is 17.6. The number of carbonyl (C=O) groups excluding carboxylic acids is 2. The summed E-state index contributed by atoms with van der Waals surface area (Å²) in [6.07, 6.45) is 5.42. The molecule has 0 unspecified atom stereocenters. The highest BCUT2D eigenvalue weighted by molar-refractivity contribution is 6.07. The second-order valence-electron chi connectivity index (χ2n) is 8.51. The molecule has 1 aliphatic heterocycles. The largest absolute Gasteiger partial charge is 0.497 e. The minimum Gasteiger partial charge on any atom is -0.497 e. The maximum absolute atomic E-state index is 13.1. The number of pyridine rings is 1. The van der Waals surface area contributed by atoms with Crippen LogP contribution in [0.1, 0.15) is 5.56 Å². The molecule has 5 aromatic rings. The van der Waals surface area contributed by atoms with Crippen molar-refractivity contribution in [2.45, 2.75) is 12.1 Å². The molecule has 3 N–H and O–H groups in total. The lowest BCUT2D eigenvalue weighted by Gasteiger charge is -2.27. The van der Waals surface area contributed by atoms with E-state index < -0.39 is 17.5 Å². The van der Waals surface area contributed by atoms with Crippen LogP contribution in [0.2, 0.25) is 0 Å². The minimum absolute atomic E-state index is 0.00344. The molecule has 1 saturated heterocycles. The van der Waals surface area contributed by atoms with E-state index in [0.29, 0.717) is 16.7 Å². The molecule has 1 atom stereocenters. The summed E-state index contributed by atoms with van der Waals surface area (Å²) in [4.78, 5) is 25.3. The van der Waals surface area contributed by atoms with Crippen molar-refractivity contribution in [3.63, 3.8) is 0 Å². The summed E-state index contributed by atoms with van der Waals surface area (Å²) in [5.74, 6) is 0.103. The molecule has 0 radical (unpaired) electrons. The number of nitrogens with zero attached hydrogens (tertiary/aromatic N) is 3. The number of amides is 3. The molecule has 9 nitrogen and oxygen atoms in total. The van der Waals surface area contributed by atoms with Gasteiger partial charge in [0.05, 0.1) is 25.4 Å². The van der Waals surface area contributed by atoms with E-state index >= 15 is 0 Å². The van der Waals surface area contributed by atoms with Crippen LogP contribution in [0.5, 0.6) is 11.6 Å². The van der Waals surface area contributed by atoms with Gasteiger partial charge in [-0.3, -0.25) is 10.1 Å². The van der Waals surface area contributed by atoms with E-state index in [1.165, 1.54) is 0 Å². The first-order valence-electron chi connectivity index (χ1n) is 11.0. The number of fused-ring (bicyclic) bond motifs is 2. The number of methoxy groups -OCH3 is 1. The lowest BCUT2D eigenvalue weighted by atomic mass is 9.88. The molecule has 1 fully saturated rings. The lowest BCUT2D eigenvalue weighted by Crippen LogP contribution is -2.47. The van der Waals surface area contributed by atoms with Crippen molar-refractivity contribution in [1.82, 2.24) is 24.8 Å². The number of hydrogen-bond acceptors (Lipinski definition) is 5. The average Bonchev–Trinajstić information content (AvgIpc) is 3.53. The van der Waals surface area contributed by atoms with Crippen molar-refractivity contribution in [2.24, 2.45) is 0 Å². The van der Waals surface area contributed by atoms with Crippen LogP contribution in [0.4, 0.5) is 4.79 Å². The van der Waals surface area contributed by atoms with Crippen molar-refractivity contribution < 1.29 is 19.4 Å². The number of carbonyl (C=O) groups is 2. The number of ether oxygens (including phenoxy) is 1. The summed E-state index contributed by atoms with van der Waals surface area (Å²) in [6, 6.07) is 18.0. The second kappa shape index (κ2) is 7.63. The molecule has 174 valence electrons. The highest BCUT2D eigenvalue weighted by Crippen LogP contribution is 2.35. The van der Waals surface area contributed by atoms with Crippen molar-refractivity contribution in [3.05, 3.63) is 84.8 Å². The number of aromatic nitrogens is 3. The lowest BCUT2D eigenvalue weighted by molar-refractivity contribution is -0.124. The Kier molecular flexibility index (Phi) is 4.53. The molecule has 2 aromatic carbocycles. The Morgan fingerprint density at radius 2 is 1.91 bits per heavy atom. The molecule has 1 aliphatic rings. The Labute approximate surface area is 199 Å². The number of hydrogen-bond donors (Lipinski definition) is 3. The van der Waals surface area contributed by atoms with Crippen LogP contribution >= 0.6 is 0 Å². The summed E-state index contributed by atoms with van der Waals surface area (Å²) in [5, 5.41) is 21.8. The van der Waals surface area contributed by atoms with Gasteiger partial charge < -0.3 is 19.7 Å². The van der Waals surface area contributed by atoms with Gasteiger partial charge in [0, 0.05) is 28.7 Å². The average molecular weight is 467 g/mol. The van der Waals surface area contributed by atoms with Crippen LogP contribution in [-0.4, -0.2) is 38.3 Å². The van der Waals surface area contributed by atoms with Gasteiger partial charge >= 0.3 is 6.03 Å². The maximum atomic E-state index is 13.1. The van der Waals surface area contributed by atoms with Gasteiger partial charge in [0.1, 0.15) is 5.75 Å². The molecule has 0 saturated carbocycles. The first kappa shape index (κ1) is 20.8. The first-order valence-corrected chi connectivity index (χ1v) is 11.0. The Hall–Kier alpha value is -4.79. The van der Waals surface area contributed by atoms with Crippen molar-refractivity contribution in [1.29, 1.82) is 0 Å². The third kappa shape index (κ3) is 3.20. The van der Waals surface area contributed by atoms with Crippen LogP contribution in [-0.2, 0) is 16.9 Å². The molecule has 6 rings (SSSR count). The van der Waals surface area contributed by atoms with Gasteiger partial charge in [-0.1, -0.05) is 30.3 Å². The Morgan fingerprint density at radius 3 is 2.66 bits per heavy atom. The number of nitrogens with one attached hydrogen (secondary N) is 2. The maximum Gasteiger partial charge on any atom is 0.322 e. The standard InChI is InChI=1S/C26H21N5O4/c1-35-19-10-7-17-14-30(23(32)20(17)12-19)15-26(24(33)28-25(34)29-26)18-8-5-16(6-9-18)21-13-27-31-11-3-2-4-22(21)31/h2-14,32H,15H2,1H3,(H2,28,29,33,34)/t26-/m0/s1. The van der Waals surface area contributed by atoms with Gasteiger partial charge in [-0.15, -0.1) is 0 Å². The third-order valence-corrected chi connectivity index (χ3v) is 6.53. The van der Waals surface area contributed by atoms with Gasteiger partial charge in [0.15, 0.2) is 11.4 Å². The summed E-state index contributed by atoms with van der Waals surface area (Å²) >= 11 is 0. The summed E-state index contributed by atoms with van der Waals surface area (Å²) in [7, 11) is 1.55. The van der Waals surface area contributed by atoms with Gasteiger partial charge in [0.25, 0.3) is 5.91 Å². The zero-order chi connectivity index (χ0) is 24.2. The molecule has 9 heteroatoms. The van der Waals surface area contributed by atoms with E-state index in [-0.39, 0.29) is 12.4 Å². The van der Waals surface area contributed by atoms with Gasteiger partial charge in [0.2, 0.25) is 0 Å². The number of aromatic hydroxyl groups is 1. The Morgan fingerprint density at radius 1 is 1.09 bits per heavy atom. The van der Waals surface area contributed by atoms with Crippen molar-refractivity contribution in [2.75, 3.05) is 7.11 Å². The molecule has 3 aromatic heterocycles. The Balaban J connectivity index is 1.41. The number of rotatable bonds is 5. The number of benzene rings is 2. The highest BCUT2D eigenvalue weighted by Gasteiger charge is 2.48. The molecular weight excluding hydrogens is 446 g/mol. The number of imide groups is 1. The molecule has 35 heavy (non-hydrogen) atoms. The van der Waals surface area contributed by atoms with Gasteiger partial charge in [-0.05, 0) is 41.5 Å². The fourth-order valence-electron chi connectivity index (χ4n) is 4.72. The van der Waals surface area contributed by atoms with E-state index in [0.717, 1.165) is 22.0 Å². The van der Waals surface area contributed by atoms with Crippen LogP contribution < -0.4 is 15.4 Å². The Bertz CT molecular complexity index is 1620. The topological polar surface area (TPSA) is 110 Å². The predicted molar refractivity (Wildman–Crippen MR) is 129 cm³/mol. The van der Waals surface area contributed by atoms with Crippen LogP contribution in [0.25, 0.3) is 27.4 Å². The zero-order valence-electron chi connectivity index (χ0n) is 18.7. The molecule has 4 heterocycles. The van der Waals surface area contributed by atoms with Gasteiger partial charge in [-0.2, -0.15) is 5.10 Å². The smallest absolute Gasteiger partial charge is 0.322 e. The molecule has 3 amide bonds. The van der Waals surface area contributed by atoms with Crippen molar-refractivity contribution in [3.8, 4) is 22.8 Å². The summed E-state index contributed by atoms with van der Waals surface area (Å²) in [5.41, 5.74) is 2.04. The second-order valence-corrected chi connectivity index (χ2v) is 8.51. The monoisotopic (exact) mass is 467 g/mol. The van der Waals surface area contributed by atoms with Gasteiger partial charge in [-0.25, -0.2) is 9.31 Å². The summed E-state index contributed by atoms with van der Waals surface area (Å²) in [6.45, 7) is 0.00344. The van der Waals surface area contributed by atoms with Crippen LogP contribution in [0, 0.1) is 0 Å². The fourth-order valence-corrected chi connectivity index (χ4v) is 4.72. The first-order chi connectivity index (χ1) is 17.0. The van der Waals surface area contributed by atoms with E-state index in [1.54, 1.807) is 40.7 Å². The van der Waals surface area contributed by atoms with Crippen molar-refractivity contribution >= 4 is 28.2 Å². The van der Waals surface area contributed by atoms with Crippen LogP contribution in [0.3, 0.4) is 0 Å². The molecule has 0 bridgehead atoms. The number of urea groups is 1. The SMILES string of the molecule is COc1ccc2cn(C[C@@]3(c4ccc(-c5cnn6ccccc56)cc4)NC(=O)NC3=O)c(O)c2c1. The molecule has 0 aliphatic carbocycles. The van der Waals surface area contributed by atoms with E-state index in [1.807, 2.05) is 54.7 Å². The van der Waals surface area contributed by atoms with E-state index in [4.69, 9.17) is 4.74 Å². The fraction of sp³-hybridized carbons (Fsp3) is 0.115. The minimum atomic E-state index is -1.40. The van der Waals surface area contributed by atoms with E-state index in [9.17, 15) is 14.7 Å². The quantitative estimate of drug-likeness (QED) is 0.343. The highest BCUT2D eigenvalue weighted by atomic mass is 16.5. The third-order valence-electron chi connectivity index (χ3n) is 6.53.